The molecule has 1 aliphatic rings. The summed E-state index contributed by atoms with van der Waals surface area (Å²) in [4.78, 5) is 25.5. The van der Waals surface area contributed by atoms with E-state index in [4.69, 9.17) is 4.74 Å². The maximum Gasteiger partial charge on any atom is 0.336 e. The smallest absolute Gasteiger partial charge is 0.336 e. The Morgan fingerprint density at radius 3 is 2.55 bits per heavy atom. The molecule has 0 saturated heterocycles. The normalized spacial score (nSPS) is 21.9. The number of aliphatic hydroxyl groups excluding tert-OH is 1. The fourth-order valence-electron chi connectivity index (χ4n) is 2.12. The first-order valence-corrected chi connectivity index (χ1v) is 6.88. The van der Waals surface area contributed by atoms with Crippen LogP contribution in [0, 0.1) is 0 Å². The van der Waals surface area contributed by atoms with Gasteiger partial charge in [0.2, 0.25) is 0 Å². The largest absolute Gasteiger partial charge is 0.503 e. The fraction of sp³-hybridized carbons (Fsp3) is 0.286. The second kappa shape index (κ2) is 5.28. The summed E-state index contributed by atoms with van der Waals surface area (Å²) in [7, 11) is 0. The summed E-state index contributed by atoms with van der Waals surface area (Å²) in [6.45, 7) is 3.42. The molecule has 0 spiro atoms. The highest BCUT2D eigenvalue weighted by atomic mass is 79.9. The first-order valence-electron chi connectivity index (χ1n) is 6.09. The lowest BCUT2D eigenvalue weighted by Crippen LogP contribution is -2.51. The zero-order valence-electron chi connectivity index (χ0n) is 11.1. The Bertz CT molecular complexity index is 581. The lowest BCUT2D eigenvalue weighted by atomic mass is 10.0. The molecule has 20 heavy (non-hydrogen) atoms. The van der Waals surface area contributed by atoms with Crippen LogP contribution in [-0.2, 0) is 14.3 Å². The summed E-state index contributed by atoms with van der Waals surface area (Å²) < 4.78 is 5.85. The first-order chi connectivity index (χ1) is 9.40. The molecule has 0 aliphatic carbocycles. The molecule has 1 unspecified atom stereocenters. The van der Waals surface area contributed by atoms with Crippen LogP contribution in [0.15, 0.2) is 40.6 Å². The van der Waals surface area contributed by atoms with Crippen molar-refractivity contribution in [2.45, 2.75) is 19.4 Å². The van der Waals surface area contributed by atoms with Crippen molar-refractivity contribution in [2.24, 2.45) is 0 Å². The number of nitrogens with zero attached hydrogens (tertiary/aromatic N) is 1. The van der Waals surface area contributed by atoms with Crippen molar-refractivity contribution < 1.29 is 19.4 Å². The molecule has 5 nitrogen and oxygen atoms in total. The number of ether oxygens (including phenoxy) is 1. The lowest BCUT2D eigenvalue weighted by Gasteiger charge is -2.31. The van der Waals surface area contributed by atoms with Gasteiger partial charge in [-0.3, -0.25) is 9.69 Å². The third-order valence-corrected chi connectivity index (χ3v) is 3.61. The average Bonchev–Trinajstić information content (AvgIpc) is 2.63. The van der Waals surface area contributed by atoms with Crippen molar-refractivity contribution in [1.82, 2.24) is 0 Å². The molecule has 0 bridgehead atoms. The number of halogens is 1. The van der Waals surface area contributed by atoms with Crippen molar-refractivity contribution in [1.29, 1.82) is 0 Å². The number of anilines is 1. The number of esters is 1. The monoisotopic (exact) mass is 339 g/mol. The van der Waals surface area contributed by atoms with Gasteiger partial charge in [-0.1, -0.05) is 15.9 Å². The Labute approximate surface area is 125 Å². The minimum Gasteiger partial charge on any atom is -0.503 e. The standard InChI is InChI=1S/C14H14BrNO4/c1-3-20-13(19)14(2)8-11(17)12(18)16(14)10-6-4-9(15)5-7-10/h4-8,17H,3H2,1-2H3. The van der Waals surface area contributed by atoms with Crippen LogP contribution in [0.2, 0.25) is 0 Å². The fourth-order valence-corrected chi connectivity index (χ4v) is 2.39. The van der Waals surface area contributed by atoms with E-state index in [-0.39, 0.29) is 6.61 Å². The Kier molecular flexibility index (Phi) is 3.85. The lowest BCUT2D eigenvalue weighted by molar-refractivity contribution is -0.147. The Balaban J connectivity index is 2.46. The number of hydrogen-bond donors (Lipinski definition) is 1. The van der Waals surface area contributed by atoms with Gasteiger partial charge in [-0.25, -0.2) is 4.79 Å². The van der Waals surface area contributed by atoms with E-state index in [1.54, 1.807) is 31.2 Å². The third kappa shape index (κ3) is 2.31. The second-order valence-electron chi connectivity index (χ2n) is 4.51. The van der Waals surface area contributed by atoms with Crippen LogP contribution in [0.1, 0.15) is 13.8 Å². The van der Waals surface area contributed by atoms with Crippen LogP contribution in [0.25, 0.3) is 0 Å². The minimum absolute atomic E-state index is 0.200. The van der Waals surface area contributed by atoms with Crippen molar-refractivity contribution in [3.05, 3.63) is 40.6 Å². The zero-order chi connectivity index (χ0) is 14.9. The highest BCUT2D eigenvalue weighted by molar-refractivity contribution is 9.10. The van der Waals surface area contributed by atoms with E-state index in [1.807, 2.05) is 0 Å². The molecular weight excluding hydrogens is 326 g/mol. The van der Waals surface area contributed by atoms with Crippen molar-refractivity contribution in [2.75, 3.05) is 11.5 Å². The van der Waals surface area contributed by atoms with Gasteiger partial charge in [0.05, 0.1) is 6.61 Å². The maximum atomic E-state index is 12.1. The van der Waals surface area contributed by atoms with Crippen LogP contribution in [0.4, 0.5) is 5.69 Å². The number of hydrogen-bond acceptors (Lipinski definition) is 4. The minimum atomic E-state index is -1.34. The van der Waals surface area contributed by atoms with Crippen LogP contribution in [0.3, 0.4) is 0 Å². The summed E-state index contributed by atoms with van der Waals surface area (Å²) in [5.74, 6) is -1.66. The molecule has 1 aliphatic heterocycles. The Hall–Kier alpha value is -1.82. The van der Waals surface area contributed by atoms with Gasteiger partial charge in [-0.05, 0) is 38.1 Å². The van der Waals surface area contributed by atoms with E-state index in [1.165, 1.54) is 17.9 Å². The predicted molar refractivity (Wildman–Crippen MR) is 77.4 cm³/mol. The molecule has 2 rings (SSSR count). The van der Waals surface area contributed by atoms with Crippen molar-refractivity contribution >= 4 is 33.5 Å². The summed E-state index contributed by atoms with van der Waals surface area (Å²) in [5.41, 5.74) is -0.834. The molecule has 6 heteroatoms. The second-order valence-corrected chi connectivity index (χ2v) is 5.43. The Morgan fingerprint density at radius 2 is 2.00 bits per heavy atom. The van der Waals surface area contributed by atoms with Gasteiger partial charge in [0, 0.05) is 16.2 Å². The van der Waals surface area contributed by atoms with Crippen LogP contribution >= 0.6 is 15.9 Å². The number of amides is 1. The van der Waals surface area contributed by atoms with Gasteiger partial charge >= 0.3 is 5.97 Å². The number of benzene rings is 1. The molecule has 0 saturated carbocycles. The summed E-state index contributed by atoms with van der Waals surface area (Å²) in [6.07, 6.45) is 1.22. The van der Waals surface area contributed by atoms with Crippen molar-refractivity contribution in [3.63, 3.8) is 0 Å². The highest BCUT2D eigenvalue weighted by Crippen LogP contribution is 2.34. The van der Waals surface area contributed by atoms with Gasteiger partial charge in [-0.15, -0.1) is 0 Å². The summed E-state index contributed by atoms with van der Waals surface area (Å²) in [5, 5.41) is 9.69. The van der Waals surface area contributed by atoms with E-state index in [0.29, 0.717) is 5.69 Å². The molecule has 0 radical (unpaired) electrons. The van der Waals surface area contributed by atoms with Crippen molar-refractivity contribution in [3.8, 4) is 0 Å². The molecule has 0 aromatic heterocycles. The van der Waals surface area contributed by atoms with E-state index in [2.05, 4.69) is 15.9 Å². The number of aliphatic hydroxyl groups is 1. The molecular formula is C14H14BrNO4. The van der Waals surface area contributed by atoms with Gasteiger partial charge < -0.3 is 9.84 Å². The van der Waals surface area contributed by atoms with Crippen LogP contribution in [-0.4, -0.2) is 29.1 Å². The van der Waals surface area contributed by atoms with Gasteiger partial charge in [-0.2, -0.15) is 0 Å². The predicted octanol–water partition coefficient (Wildman–Crippen LogP) is 2.56. The first kappa shape index (κ1) is 14.6. The zero-order valence-corrected chi connectivity index (χ0v) is 12.7. The topological polar surface area (TPSA) is 66.8 Å². The quantitative estimate of drug-likeness (QED) is 0.859. The van der Waals surface area contributed by atoms with E-state index < -0.39 is 23.2 Å². The molecule has 106 valence electrons. The maximum absolute atomic E-state index is 12.1. The number of carbonyl (C=O) groups is 2. The molecule has 1 amide bonds. The van der Waals surface area contributed by atoms with E-state index in [9.17, 15) is 14.7 Å². The van der Waals surface area contributed by atoms with Crippen LogP contribution < -0.4 is 4.90 Å². The van der Waals surface area contributed by atoms with E-state index >= 15 is 0 Å². The van der Waals surface area contributed by atoms with Crippen LogP contribution in [0.5, 0.6) is 0 Å². The summed E-state index contributed by atoms with van der Waals surface area (Å²) in [6, 6.07) is 6.88. The highest BCUT2D eigenvalue weighted by Gasteiger charge is 2.49. The van der Waals surface area contributed by atoms with Gasteiger partial charge in [0.1, 0.15) is 0 Å². The molecule has 1 aromatic carbocycles. The van der Waals surface area contributed by atoms with Gasteiger partial charge in [0.15, 0.2) is 11.3 Å². The number of carbonyl (C=O) groups excluding carboxylic acids is 2. The number of rotatable bonds is 3. The average molecular weight is 340 g/mol. The molecule has 1 heterocycles. The molecule has 1 N–H and O–H groups in total. The third-order valence-electron chi connectivity index (χ3n) is 3.08. The molecule has 1 aromatic rings. The molecule has 1 atom stereocenters. The van der Waals surface area contributed by atoms with E-state index in [0.717, 1.165) is 4.47 Å². The summed E-state index contributed by atoms with van der Waals surface area (Å²) >= 11 is 3.31. The SMILES string of the molecule is CCOC(=O)C1(C)C=C(O)C(=O)N1c1ccc(Br)cc1. The Morgan fingerprint density at radius 1 is 1.40 bits per heavy atom. The van der Waals surface area contributed by atoms with Gasteiger partial charge in [0.25, 0.3) is 5.91 Å². The molecule has 0 fully saturated rings.